The summed E-state index contributed by atoms with van der Waals surface area (Å²) in [4.78, 5) is 8.51. The molecule has 0 aliphatic carbocycles. The summed E-state index contributed by atoms with van der Waals surface area (Å²) in [7, 11) is 0. The fourth-order valence-electron chi connectivity index (χ4n) is 2.10. The molecule has 0 spiro atoms. The van der Waals surface area contributed by atoms with Crippen LogP contribution in [0.5, 0.6) is 0 Å². The van der Waals surface area contributed by atoms with Gasteiger partial charge < -0.3 is 4.52 Å². The van der Waals surface area contributed by atoms with Gasteiger partial charge in [0.2, 0.25) is 0 Å². The van der Waals surface area contributed by atoms with E-state index in [4.69, 9.17) is 4.52 Å². The maximum atomic E-state index is 14.1. The molecule has 0 unspecified atom stereocenters. The van der Waals surface area contributed by atoms with E-state index >= 15 is 0 Å². The normalized spacial score (nSPS) is 11.2. The molecule has 1 aromatic carbocycles. The number of rotatable bonds is 1. The quantitative estimate of drug-likeness (QED) is 0.670. The molecule has 3 aromatic rings. The summed E-state index contributed by atoms with van der Waals surface area (Å²) in [6.45, 7) is 5.38. The summed E-state index contributed by atoms with van der Waals surface area (Å²) >= 11 is 0. The zero-order valence-corrected chi connectivity index (χ0v) is 10.9. The molecule has 3 rings (SSSR count). The highest BCUT2D eigenvalue weighted by atomic mass is 19.1. The Morgan fingerprint density at radius 3 is 2.63 bits per heavy atom. The highest BCUT2D eigenvalue weighted by Gasteiger charge is 2.17. The van der Waals surface area contributed by atoms with Gasteiger partial charge in [0.1, 0.15) is 11.6 Å². The van der Waals surface area contributed by atoms with Crippen molar-refractivity contribution in [3.63, 3.8) is 0 Å². The fraction of sp³-hybridized carbons (Fsp3) is 0.214. The van der Waals surface area contributed by atoms with Crippen molar-refractivity contribution in [2.24, 2.45) is 0 Å². The van der Waals surface area contributed by atoms with Crippen LogP contribution in [0.2, 0.25) is 0 Å². The highest BCUT2D eigenvalue weighted by molar-refractivity contribution is 5.91. The number of benzene rings is 1. The molecule has 96 valence electrons. The van der Waals surface area contributed by atoms with Crippen molar-refractivity contribution < 1.29 is 8.91 Å². The van der Waals surface area contributed by atoms with E-state index < -0.39 is 0 Å². The monoisotopic (exact) mass is 257 g/mol. The van der Waals surface area contributed by atoms with Crippen LogP contribution in [0, 0.1) is 26.6 Å². The first-order valence-electron chi connectivity index (χ1n) is 5.93. The van der Waals surface area contributed by atoms with Crippen LogP contribution in [0.4, 0.5) is 4.39 Å². The van der Waals surface area contributed by atoms with Gasteiger partial charge in [0.25, 0.3) is 5.71 Å². The van der Waals surface area contributed by atoms with Crippen molar-refractivity contribution in [3.8, 4) is 11.3 Å². The standard InChI is InChI=1S/C14H12FN3O/c1-7-4-5-10(11(15)6-7)13-12-8(2)18-19-14(12)17-9(3)16-13/h4-6H,1-3H3. The predicted octanol–water partition coefficient (Wildman–Crippen LogP) is 3.35. The number of nitrogens with zero attached hydrogens (tertiary/aromatic N) is 3. The number of aromatic nitrogens is 3. The van der Waals surface area contributed by atoms with E-state index in [-0.39, 0.29) is 5.82 Å². The van der Waals surface area contributed by atoms with Crippen LogP contribution in [0.3, 0.4) is 0 Å². The minimum Gasteiger partial charge on any atom is -0.335 e. The van der Waals surface area contributed by atoms with E-state index in [0.29, 0.717) is 33.9 Å². The molecule has 0 saturated heterocycles. The molecule has 2 heterocycles. The first-order chi connectivity index (χ1) is 9.06. The topological polar surface area (TPSA) is 51.8 Å². The van der Waals surface area contributed by atoms with Gasteiger partial charge in [-0.3, -0.25) is 0 Å². The second-order valence-corrected chi connectivity index (χ2v) is 4.55. The number of hydrogen-bond acceptors (Lipinski definition) is 4. The van der Waals surface area contributed by atoms with Gasteiger partial charge in [-0.25, -0.2) is 9.37 Å². The lowest BCUT2D eigenvalue weighted by Gasteiger charge is -2.05. The predicted molar refractivity (Wildman–Crippen MR) is 69.2 cm³/mol. The third-order valence-corrected chi connectivity index (χ3v) is 3.00. The minimum absolute atomic E-state index is 0.306. The van der Waals surface area contributed by atoms with E-state index in [1.165, 1.54) is 6.07 Å². The van der Waals surface area contributed by atoms with Crippen molar-refractivity contribution in [1.82, 2.24) is 15.1 Å². The van der Waals surface area contributed by atoms with Gasteiger partial charge >= 0.3 is 0 Å². The van der Waals surface area contributed by atoms with Gasteiger partial charge in [0.15, 0.2) is 0 Å². The summed E-state index contributed by atoms with van der Waals surface area (Å²) in [6, 6.07) is 5.06. The van der Waals surface area contributed by atoms with E-state index in [1.807, 2.05) is 13.0 Å². The largest absolute Gasteiger partial charge is 0.335 e. The molecule has 0 bridgehead atoms. The van der Waals surface area contributed by atoms with E-state index in [2.05, 4.69) is 15.1 Å². The average molecular weight is 257 g/mol. The van der Waals surface area contributed by atoms with Gasteiger partial charge in [0, 0.05) is 5.56 Å². The first kappa shape index (κ1) is 11.8. The second kappa shape index (κ2) is 4.12. The van der Waals surface area contributed by atoms with E-state index in [1.54, 1.807) is 19.9 Å². The van der Waals surface area contributed by atoms with Crippen molar-refractivity contribution in [2.45, 2.75) is 20.8 Å². The number of fused-ring (bicyclic) bond motifs is 1. The van der Waals surface area contributed by atoms with Crippen molar-refractivity contribution in [2.75, 3.05) is 0 Å². The number of hydrogen-bond donors (Lipinski definition) is 0. The SMILES string of the molecule is Cc1ccc(-c2nc(C)nc3onc(C)c23)c(F)c1. The summed E-state index contributed by atoms with van der Waals surface area (Å²) in [5, 5.41) is 4.53. The molecule has 0 amide bonds. The summed E-state index contributed by atoms with van der Waals surface area (Å²) < 4.78 is 19.3. The zero-order chi connectivity index (χ0) is 13.6. The second-order valence-electron chi connectivity index (χ2n) is 4.55. The molecule has 0 atom stereocenters. The zero-order valence-electron chi connectivity index (χ0n) is 10.9. The number of halogens is 1. The van der Waals surface area contributed by atoms with Crippen LogP contribution in [0.15, 0.2) is 22.7 Å². The van der Waals surface area contributed by atoms with Crippen molar-refractivity contribution in [3.05, 3.63) is 41.1 Å². The minimum atomic E-state index is -0.306. The fourth-order valence-corrected chi connectivity index (χ4v) is 2.10. The molecular formula is C14H12FN3O. The Morgan fingerprint density at radius 2 is 1.89 bits per heavy atom. The van der Waals surface area contributed by atoms with E-state index in [9.17, 15) is 4.39 Å². The van der Waals surface area contributed by atoms with Crippen molar-refractivity contribution >= 4 is 11.1 Å². The van der Waals surface area contributed by atoms with Gasteiger partial charge in [-0.15, -0.1) is 0 Å². The van der Waals surface area contributed by atoms with Crippen LogP contribution < -0.4 is 0 Å². The summed E-state index contributed by atoms with van der Waals surface area (Å²) in [5.41, 5.74) is 2.88. The maximum absolute atomic E-state index is 14.1. The van der Waals surface area contributed by atoms with Gasteiger partial charge in [-0.05, 0) is 38.5 Å². The highest BCUT2D eigenvalue weighted by Crippen LogP contribution is 2.30. The molecule has 19 heavy (non-hydrogen) atoms. The molecule has 5 heteroatoms. The van der Waals surface area contributed by atoms with Crippen molar-refractivity contribution in [1.29, 1.82) is 0 Å². The van der Waals surface area contributed by atoms with Gasteiger partial charge in [0.05, 0.1) is 16.8 Å². The molecule has 0 aliphatic heterocycles. The Morgan fingerprint density at radius 1 is 1.11 bits per heavy atom. The lowest BCUT2D eigenvalue weighted by atomic mass is 10.1. The van der Waals surface area contributed by atoms with Crippen LogP contribution >= 0.6 is 0 Å². The van der Waals surface area contributed by atoms with Crippen LogP contribution in [0.1, 0.15) is 17.1 Å². The third-order valence-electron chi connectivity index (χ3n) is 3.00. The molecule has 2 aromatic heterocycles. The molecule has 0 fully saturated rings. The van der Waals surface area contributed by atoms with Gasteiger partial charge in [-0.1, -0.05) is 11.2 Å². The molecule has 0 saturated carbocycles. The lowest BCUT2D eigenvalue weighted by molar-refractivity contribution is 0.442. The summed E-state index contributed by atoms with van der Waals surface area (Å²) in [5.74, 6) is 0.221. The Balaban J connectivity index is 2.38. The molecular weight excluding hydrogens is 245 g/mol. The molecule has 0 N–H and O–H groups in total. The Kier molecular flexibility index (Phi) is 2.55. The van der Waals surface area contributed by atoms with Crippen LogP contribution in [-0.2, 0) is 0 Å². The first-order valence-corrected chi connectivity index (χ1v) is 5.93. The maximum Gasteiger partial charge on any atom is 0.261 e. The Hall–Kier alpha value is -2.30. The van der Waals surface area contributed by atoms with Gasteiger partial charge in [-0.2, -0.15) is 4.98 Å². The van der Waals surface area contributed by atoms with Crippen LogP contribution in [0.25, 0.3) is 22.4 Å². The third kappa shape index (κ3) is 1.87. The Labute approximate surface area is 109 Å². The lowest BCUT2D eigenvalue weighted by Crippen LogP contribution is -1.95. The average Bonchev–Trinajstić information content (AvgIpc) is 2.70. The van der Waals surface area contributed by atoms with E-state index in [0.717, 1.165) is 5.56 Å². The smallest absolute Gasteiger partial charge is 0.261 e. The summed E-state index contributed by atoms with van der Waals surface area (Å²) in [6.07, 6.45) is 0. The Bertz CT molecular complexity index is 780. The molecule has 4 nitrogen and oxygen atoms in total. The molecule has 0 radical (unpaired) electrons. The number of aryl methyl sites for hydroxylation is 3. The molecule has 0 aliphatic rings. The van der Waals surface area contributed by atoms with Crippen LogP contribution in [-0.4, -0.2) is 15.1 Å².